The van der Waals surface area contributed by atoms with Gasteiger partial charge in [-0.2, -0.15) is 0 Å². The van der Waals surface area contributed by atoms with Crippen LogP contribution in [0, 0.1) is 12.7 Å². The molecule has 152 valence electrons. The molecule has 1 heterocycles. The van der Waals surface area contributed by atoms with Gasteiger partial charge in [0.15, 0.2) is 11.6 Å². The largest absolute Gasteiger partial charge is 0.497 e. The summed E-state index contributed by atoms with van der Waals surface area (Å²) in [5.74, 6) is 1.28. The van der Waals surface area contributed by atoms with Gasteiger partial charge in [0, 0.05) is 31.6 Å². The third-order valence-corrected chi connectivity index (χ3v) is 4.95. The Bertz CT molecular complexity index is 777. The van der Waals surface area contributed by atoms with Crippen molar-refractivity contribution < 1.29 is 23.3 Å². The zero-order valence-corrected chi connectivity index (χ0v) is 16.7. The number of hydrogen-bond donors (Lipinski definition) is 0. The molecule has 1 aliphatic rings. The summed E-state index contributed by atoms with van der Waals surface area (Å²) < 4.78 is 36.9. The van der Waals surface area contributed by atoms with Gasteiger partial charge < -0.3 is 18.9 Å². The van der Waals surface area contributed by atoms with Gasteiger partial charge in [-0.1, -0.05) is 6.07 Å². The van der Waals surface area contributed by atoms with Crippen molar-refractivity contribution in [1.82, 2.24) is 4.90 Å². The van der Waals surface area contributed by atoms with Crippen LogP contribution in [0.3, 0.4) is 0 Å². The molecule has 0 amide bonds. The highest BCUT2D eigenvalue weighted by atomic mass is 19.1. The molecule has 3 rings (SSSR count). The van der Waals surface area contributed by atoms with Crippen LogP contribution in [0.25, 0.3) is 0 Å². The molecule has 1 saturated heterocycles. The molecule has 0 radical (unpaired) electrons. The van der Waals surface area contributed by atoms with Crippen molar-refractivity contribution >= 4 is 0 Å². The molecular weight excluding hydrogens is 361 g/mol. The van der Waals surface area contributed by atoms with Crippen molar-refractivity contribution in [2.24, 2.45) is 0 Å². The fraction of sp³-hybridized carbons (Fsp3) is 0.455. The van der Waals surface area contributed by atoms with Crippen LogP contribution < -0.4 is 14.2 Å². The topological polar surface area (TPSA) is 40.2 Å². The van der Waals surface area contributed by atoms with Gasteiger partial charge >= 0.3 is 0 Å². The molecule has 0 aliphatic carbocycles. The Labute approximate surface area is 166 Å². The van der Waals surface area contributed by atoms with E-state index in [0.29, 0.717) is 17.9 Å². The number of aryl methyl sites for hydroxylation is 1. The first-order valence-electron chi connectivity index (χ1n) is 9.55. The zero-order chi connectivity index (χ0) is 19.9. The molecule has 5 nitrogen and oxygen atoms in total. The van der Waals surface area contributed by atoms with Gasteiger partial charge in [0.25, 0.3) is 0 Å². The summed E-state index contributed by atoms with van der Waals surface area (Å²) in [5.41, 5.74) is 1.79. The predicted octanol–water partition coefficient (Wildman–Crippen LogP) is 3.99. The van der Waals surface area contributed by atoms with E-state index >= 15 is 0 Å². The Morgan fingerprint density at radius 2 is 1.82 bits per heavy atom. The summed E-state index contributed by atoms with van der Waals surface area (Å²) in [4.78, 5) is 2.33. The maximum atomic E-state index is 14.4. The molecule has 1 unspecified atom stereocenters. The fourth-order valence-corrected chi connectivity index (χ4v) is 3.35. The van der Waals surface area contributed by atoms with E-state index in [-0.39, 0.29) is 17.7 Å². The van der Waals surface area contributed by atoms with Crippen molar-refractivity contribution in [2.75, 3.05) is 47.1 Å². The molecule has 2 aromatic carbocycles. The lowest BCUT2D eigenvalue weighted by Crippen LogP contribution is -2.37. The molecule has 28 heavy (non-hydrogen) atoms. The normalized spacial score (nSPS) is 15.9. The second-order valence-corrected chi connectivity index (χ2v) is 6.89. The minimum absolute atomic E-state index is 0.247. The molecule has 0 aromatic heterocycles. The first kappa shape index (κ1) is 20.4. The van der Waals surface area contributed by atoms with Gasteiger partial charge in [-0.05, 0) is 42.8 Å². The van der Waals surface area contributed by atoms with Gasteiger partial charge in [0.1, 0.15) is 17.6 Å². The highest BCUT2D eigenvalue weighted by Gasteiger charge is 2.22. The van der Waals surface area contributed by atoms with E-state index in [1.807, 2.05) is 25.1 Å². The van der Waals surface area contributed by atoms with Gasteiger partial charge in [-0.15, -0.1) is 0 Å². The highest BCUT2D eigenvalue weighted by Crippen LogP contribution is 2.35. The van der Waals surface area contributed by atoms with Crippen LogP contribution in [-0.2, 0) is 4.74 Å². The van der Waals surface area contributed by atoms with Crippen molar-refractivity contribution in [3.8, 4) is 17.2 Å². The quantitative estimate of drug-likeness (QED) is 0.683. The number of rotatable bonds is 8. The first-order valence-corrected chi connectivity index (χ1v) is 9.55. The standard InChI is InChI=1S/C22H28FNO4/c1-16-4-6-19(23)22(14-16)28-21(8-9-24-10-12-27-13-11-24)18-15-17(25-2)5-7-20(18)26-3/h4-7,14-15,21H,8-13H2,1-3H3. The molecular formula is C22H28FNO4. The van der Waals surface area contributed by atoms with E-state index in [9.17, 15) is 4.39 Å². The average molecular weight is 389 g/mol. The fourth-order valence-electron chi connectivity index (χ4n) is 3.35. The van der Waals surface area contributed by atoms with Gasteiger partial charge in [0.05, 0.1) is 27.4 Å². The van der Waals surface area contributed by atoms with Crippen LogP contribution in [0.15, 0.2) is 36.4 Å². The Morgan fingerprint density at radius 3 is 2.54 bits per heavy atom. The lowest BCUT2D eigenvalue weighted by molar-refractivity contribution is 0.0314. The van der Waals surface area contributed by atoms with Gasteiger partial charge in [-0.3, -0.25) is 4.90 Å². The highest BCUT2D eigenvalue weighted by molar-refractivity contribution is 5.42. The van der Waals surface area contributed by atoms with E-state index in [4.69, 9.17) is 18.9 Å². The monoisotopic (exact) mass is 389 g/mol. The van der Waals surface area contributed by atoms with Gasteiger partial charge in [0.2, 0.25) is 0 Å². The number of ether oxygens (including phenoxy) is 4. The summed E-state index contributed by atoms with van der Waals surface area (Å²) in [5, 5.41) is 0. The van der Waals surface area contributed by atoms with Crippen LogP contribution in [0.2, 0.25) is 0 Å². The zero-order valence-electron chi connectivity index (χ0n) is 16.7. The Morgan fingerprint density at radius 1 is 1.04 bits per heavy atom. The Balaban J connectivity index is 1.88. The predicted molar refractivity (Wildman–Crippen MR) is 106 cm³/mol. The van der Waals surface area contributed by atoms with Gasteiger partial charge in [-0.25, -0.2) is 4.39 Å². The number of morpholine rings is 1. The smallest absolute Gasteiger partial charge is 0.165 e. The van der Waals surface area contributed by atoms with E-state index in [1.165, 1.54) is 6.07 Å². The minimum atomic E-state index is -0.371. The number of benzene rings is 2. The van der Waals surface area contributed by atoms with Crippen molar-refractivity contribution in [1.29, 1.82) is 0 Å². The molecule has 0 bridgehead atoms. The summed E-state index contributed by atoms with van der Waals surface area (Å²) in [6, 6.07) is 10.5. The minimum Gasteiger partial charge on any atom is -0.497 e. The Kier molecular flexibility index (Phi) is 7.12. The average Bonchev–Trinajstić information content (AvgIpc) is 2.73. The molecule has 0 saturated carbocycles. The maximum Gasteiger partial charge on any atom is 0.165 e. The second-order valence-electron chi connectivity index (χ2n) is 6.89. The van der Waals surface area contributed by atoms with Crippen LogP contribution in [-0.4, -0.2) is 52.0 Å². The van der Waals surface area contributed by atoms with E-state index in [1.54, 1.807) is 26.4 Å². The first-order chi connectivity index (χ1) is 13.6. The second kappa shape index (κ2) is 9.75. The lowest BCUT2D eigenvalue weighted by atomic mass is 10.0. The SMILES string of the molecule is COc1ccc(OC)c(C(CCN2CCOCC2)Oc2cc(C)ccc2F)c1. The molecule has 0 N–H and O–H groups in total. The summed E-state index contributed by atoms with van der Waals surface area (Å²) >= 11 is 0. The van der Waals surface area contributed by atoms with E-state index in [2.05, 4.69) is 4.90 Å². The third kappa shape index (κ3) is 5.14. The van der Waals surface area contributed by atoms with E-state index in [0.717, 1.165) is 44.0 Å². The van der Waals surface area contributed by atoms with Crippen LogP contribution in [0.1, 0.15) is 23.7 Å². The van der Waals surface area contributed by atoms with Crippen LogP contribution >= 0.6 is 0 Å². The molecule has 1 aliphatic heterocycles. The Hall–Kier alpha value is -2.31. The summed E-state index contributed by atoms with van der Waals surface area (Å²) in [6.45, 7) is 5.99. The van der Waals surface area contributed by atoms with E-state index < -0.39 is 0 Å². The third-order valence-electron chi connectivity index (χ3n) is 4.95. The molecule has 1 atom stereocenters. The number of nitrogens with zero attached hydrogens (tertiary/aromatic N) is 1. The molecule has 6 heteroatoms. The molecule has 2 aromatic rings. The number of halogens is 1. The number of hydrogen-bond acceptors (Lipinski definition) is 5. The molecule has 0 spiro atoms. The summed E-state index contributed by atoms with van der Waals surface area (Å²) in [7, 11) is 3.24. The van der Waals surface area contributed by atoms with Crippen LogP contribution in [0.4, 0.5) is 4.39 Å². The van der Waals surface area contributed by atoms with Crippen molar-refractivity contribution in [3.63, 3.8) is 0 Å². The maximum absolute atomic E-state index is 14.4. The lowest BCUT2D eigenvalue weighted by Gasteiger charge is -2.29. The molecule has 1 fully saturated rings. The van der Waals surface area contributed by atoms with Crippen LogP contribution in [0.5, 0.6) is 17.2 Å². The number of methoxy groups -OCH3 is 2. The summed E-state index contributed by atoms with van der Waals surface area (Å²) in [6.07, 6.45) is 0.320. The van der Waals surface area contributed by atoms with Crippen molar-refractivity contribution in [3.05, 3.63) is 53.3 Å². The van der Waals surface area contributed by atoms with Crippen molar-refractivity contribution in [2.45, 2.75) is 19.4 Å².